The molecule has 1 aliphatic rings. The van der Waals surface area contributed by atoms with Crippen LogP contribution in [0.1, 0.15) is 42.7 Å². The summed E-state index contributed by atoms with van der Waals surface area (Å²) in [6.07, 6.45) is -0.299. The molecule has 0 radical (unpaired) electrons. The van der Waals surface area contributed by atoms with Gasteiger partial charge in [0.1, 0.15) is 5.75 Å². The fraction of sp³-hybridized carbons (Fsp3) is 0.381. The van der Waals surface area contributed by atoms with Crippen LogP contribution in [0.4, 0.5) is 0 Å². The van der Waals surface area contributed by atoms with Crippen molar-refractivity contribution in [2.75, 3.05) is 13.7 Å². The van der Waals surface area contributed by atoms with Crippen LogP contribution in [-0.2, 0) is 11.2 Å². The highest BCUT2D eigenvalue weighted by atomic mass is 16.5. The summed E-state index contributed by atoms with van der Waals surface area (Å²) in [6, 6.07) is 15.2. The topological polar surface area (TPSA) is 78.8 Å². The van der Waals surface area contributed by atoms with Gasteiger partial charge in [-0.25, -0.2) is 4.79 Å². The first-order chi connectivity index (χ1) is 12.4. The number of carbonyl (C=O) groups is 1. The minimum absolute atomic E-state index is 0.403. The maximum absolute atomic E-state index is 10.2. The molecule has 0 spiro atoms. The molecule has 2 aromatic carbocycles. The molecule has 140 valence electrons. The Hall–Kier alpha value is -2.37. The molecule has 0 saturated heterocycles. The Kier molecular flexibility index (Phi) is 7.18. The third kappa shape index (κ3) is 5.07. The number of benzene rings is 2. The molecule has 2 atom stereocenters. The van der Waals surface area contributed by atoms with Gasteiger partial charge in [-0.15, -0.1) is 0 Å². The van der Waals surface area contributed by atoms with Crippen LogP contribution in [0, 0.1) is 5.92 Å². The summed E-state index contributed by atoms with van der Waals surface area (Å²) in [5.74, 6) is 0.381. The summed E-state index contributed by atoms with van der Waals surface area (Å²) in [5.41, 5.74) is 3.28. The standard InChI is InChI=1S/C13H19NO.C8H8O3/c1-9(2)13-12-5-4-11(15-3)8-10(12)6-7-14-13;9-7(8(10)11)6-4-2-1-3-5-6/h4-5,8-9,13-14H,6-7H2,1-3H3;1-5,7,9H,(H,10,11). The van der Waals surface area contributed by atoms with Crippen LogP contribution in [0.2, 0.25) is 0 Å². The van der Waals surface area contributed by atoms with Gasteiger partial charge in [-0.2, -0.15) is 0 Å². The van der Waals surface area contributed by atoms with Gasteiger partial charge in [0.05, 0.1) is 7.11 Å². The normalized spacial score (nSPS) is 16.9. The first kappa shape index (κ1) is 19.9. The van der Waals surface area contributed by atoms with E-state index in [1.54, 1.807) is 37.4 Å². The number of fused-ring (bicyclic) bond motifs is 1. The van der Waals surface area contributed by atoms with Gasteiger partial charge in [0.25, 0.3) is 0 Å². The maximum atomic E-state index is 10.2. The predicted molar refractivity (Wildman–Crippen MR) is 101 cm³/mol. The number of hydrogen-bond donors (Lipinski definition) is 3. The SMILES string of the molecule is COc1ccc2c(c1)CCNC2C(C)C.O=C(O)C(O)c1ccccc1. The number of aliphatic hydroxyl groups excluding tert-OH is 1. The zero-order valence-electron chi connectivity index (χ0n) is 15.5. The molecule has 0 aliphatic carbocycles. The van der Waals surface area contributed by atoms with E-state index >= 15 is 0 Å². The van der Waals surface area contributed by atoms with Crippen LogP contribution in [0.3, 0.4) is 0 Å². The number of methoxy groups -OCH3 is 1. The van der Waals surface area contributed by atoms with Crippen molar-refractivity contribution in [1.29, 1.82) is 0 Å². The molecule has 2 unspecified atom stereocenters. The van der Waals surface area contributed by atoms with Gasteiger partial charge in [0.2, 0.25) is 0 Å². The van der Waals surface area contributed by atoms with Gasteiger partial charge in [-0.3, -0.25) is 0 Å². The Morgan fingerprint density at radius 1 is 1.19 bits per heavy atom. The first-order valence-corrected chi connectivity index (χ1v) is 8.80. The quantitative estimate of drug-likeness (QED) is 0.782. The van der Waals surface area contributed by atoms with Gasteiger partial charge >= 0.3 is 5.97 Å². The summed E-state index contributed by atoms with van der Waals surface area (Å²) in [7, 11) is 1.72. The van der Waals surface area contributed by atoms with Gasteiger partial charge in [-0.05, 0) is 47.7 Å². The van der Waals surface area contributed by atoms with Crippen LogP contribution in [0.25, 0.3) is 0 Å². The second-order valence-corrected chi connectivity index (χ2v) is 6.64. The van der Waals surface area contributed by atoms with E-state index in [0.29, 0.717) is 17.5 Å². The van der Waals surface area contributed by atoms with Crippen molar-refractivity contribution in [3.8, 4) is 5.75 Å². The lowest BCUT2D eigenvalue weighted by atomic mass is 9.88. The van der Waals surface area contributed by atoms with E-state index in [1.165, 1.54) is 11.1 Å². The van der Waals surface area contributed by atoms with Crippen LogP contribution < -0.4 is 10.1 Å². The van der Waals surface area contributed by atoms with E-state index < -0.39 is 12.1 Å². The summed E-state index contributed by atoms with van der Waals surface area (Å²) < 4.78 is 5.26. The van der Waals surface area contributed by atoms with E-state index in [1.807, 2.05) is 0 Å². The summed E-state index contributed by atoms with van der Waals surface area (Å²) in [5, 5.41) is 21.0. The number of ether oxygens (including phenoxy) is 1. The molecule has 3 rings (SSSR count). The summed E-state index contributed by atoms with van der Waals surface area (Å²) >= 11 is 0. The van der Waals surface area contributed by atoms with Crippen molar-refractivity contribution in [3.63, 3.8) is 0 Å². The van der Waals surface area contributed by atoms with Gasteiger partial charge < -0.3 is 20.3 Å². The molecule has 0 fully saturated rings. The lowest BCUT2D eigenvalue weighted by Crippen LogP contribution is -2.32. The van der Waals surface area contributed by atoms with Crippen LogP contribution >= 0.6 is 0 Å². The van der Waals surface area contributed by atoms with E-state index in [4.69, 9.17) is 14.9 Å². The second-order valence-electron chi connectivity index (χ2n) is 6.64. The third-order valence-corrected chi connectivity index (χ3v) is 4.46. The van der Waals surface area contributed by atoms with Crippen molar-refractivity contribution in [3.05, 3.63) is 65.2 Å². The molecular formula is C21H27NO4. The van der Waals surface area contributed by atoms with Crippen molar-refractivity contribution >= 4 is 5.97 Å². The number of carboxylic acids is 1. The number of rotatable bonds is 4. The van der Waals surface area contributed by atoms with Crippen molar-refractivity contribution in [2.45, 2.75) is 32.4 Å². The van der Waals surface area contributed by atoms with Crippen molar-refractivity contribution in [2.24, 2.45) is 5.92 Å². The zero-order valence-corrected chi connectivity index (χ0v) is 15.5. The van der Waals surface area contributed by atoms with E-state index in [-0.39, 0.29) is 0 Å². The molecule has 1 aliphatic heterocycles. The van der Waals surface area contributed by atoms with E-state index in [9.17, 15) is 4.79 Å². The minimum Gasteiger partial charge on any atom is -0.497 e. The molecule has 1 heterocycles. The average molecular weight is 357 g/mol. The van der Waals surface area contributed by atoms with E-state index in [0.717, 1.165) is 18.7 Å². The van der Waals surface area contributed by atoms with Crippen molar-refractivity contribution in [1.82, 2.24) is 5.32 Å². The van der Waals surface area contributed by atoms with Crippen molar-refractivity contribution < 1.29 is 19.7 Å². The fourth-order valence-electron chi connectivity index (χ4n) is 3.07. The highest BCUT2D eigenvalue weighted by Gasteiger charge is 2.22. The average Bonchev–Trinajstić information content (AvgIpc) is 2.67. The molecule has 0 aromatic heterocycles. The van der Waals surface area contributed by atoms with Gasteiger partial charge in [0.15, 0.2) is 6.10 Å². The lowest BCUT2D eigenvalue weighted by molar-refractivity contribution is -0.146. The Morgan fingerprint density at radius 3 is 2.46 bits per heavy atom. The number of hydrogen-bond acceptors (Lipinski definition) is 4. The molecule has 5 nitrogen and oxygen atoms in total. The molecular weight excluding hydrogens is 330 g/mol. The van der Waals surface area contributed by atoms with E-state index in [2.05, 4.69) is 37.4 Å². The molecule has 0 saturated carbocycles. The Bertz CT molecular complexity index is 715. The first-order valence-electron chi connectivity index (χ1n) is 8.80. The molecule has 2 aromatic rings. The van der Waals surface area contributed by atoms with Crippen LogP contribution in [-0.4, -0.2) is 29.8 Å². The number of aliphatic carboxylic acids is 1. The molecule has 0 bridgehead atoms. The smallest absolute Gasteiger partial charge is 0.337 e. The van der Waals surface area contributed by atoms with Crippen LogP contribution in [0.15, 0.2) is 48.5 Å². The van der Waals surface area contributed by atoms with Gasteiger partial charge in [-0.1, -0.05) is 50.2 Å². The monoisotopic (exact) mass is 357 g/mol. The third-order valence-electron chi connectivity index (χ3n) is 4.46. The summed E-state index contributed by atoms with van der Waals surface area (Å²) in [6.45, 7) is 5.59. The zero-order chi connectivity index (χ0) is 19.1. The lowest BCUT2D eigenvalue weighted by Gasteiger charge is -2.30. The summed E-state index contributed by atoms with van der Waals surface area (Å²) in [4.78, 5) is 10.2. The highest BCUT2D eigenvalue weighted by molar-refractivity contribution is 5.73. The number of aliphatic hydroxyl groups is 1. The Morgan fingerprint density at radius 2 is 1.88 bits per heavy atom. The second kappa shape index (κ2) is 9.36. The Labute approximate surface area is 154 Å². The molecule has 3 N–H and O–H groups in total. The largest absolute Gasteiger partial charge is 0.497 e. The van der Waals surface area contributed by atoms with Crippen LogP contribution in [0.5, 0.6) is 5.75 Å². The highest BCUT2D eigenvalue weighted by Crippen LogP contribution is 2.30. The predicted octanol–water partition coefficient (Wildman–Crippen LogP) is 3.34. The fourth-order valence-corrected chi connectivity index (χ4v) is 3.07. The molecule has 5 heteroatoms. The number of carboxylic acid groups (broad SMARTS) is 1. The number of nitrogens with one attached hydrogen (secondary N) is 1. The Balaban J connectivity index is 0.000000197. The molecule has 26 heavy (non-hydrogen) atoms. The van der Waals surface area contributed by atoms with Gasteiger partial charge in [0, 0.05) is 6.04 Å². The molecule has 0 amide bonds. The minimum atomic E-state index is -1.41. The maximum Gasteiger partial charge on any atom is 0.337 e.